The Morgan fingerprint density at radius 1 is 1.05 bits per heavy atom. The molecule has 0 saturated heterocycles. The van der Waals surface area contributed by atoms with E-state index in [4.69, 9.17) is 14.4 Å². The average Bonchev–Trinajstić information content (AvgIpc) is 3.37. The average molecular weight is 515 g/mol. The van der Waals surface area contributed by atoms with Crippen LogP contribution in [0.4, 0.5) is 17.5 Å². The number of para-hydroxylation sites is 1. The molecule has 9 nitrogen and oxygen atoms in total. The zero-order chi connectivity index (χ0) is 26.6. The van der Waals surface area contributed by atoms with Crippen LogP contribution in [0.1, 0.15) is 37.0 Å². The molecule has 198 valence electrons. The second kappa shape index (κ2) is 11.2. The lowest BCUT2D eigenvalue weighted by molar-refractivity contribution is -0.384. The van der Waals surface area contributed by atoms with Gasteiger partial charge in [0.15, 0.2) is 0 Å². The molecule has 38 heavy (non-hydrogen) atoms. The van der Waals surface area contributed by atoms with Crippen molar-refractivity contribution in [3.63, 3.8) is 0 Å². The van der Waals surface area contributed by atoms with E-state index in [2.05, 4.69) is 16.7 Å². The first-order valence-electron chi connectivity index (χ1n) is 13.1. The largest absolute Gasteiger partial charge is 0.459 e. The molecule has 1 saturated carbocycles. The molecule has 1 aliphatic carbocycles. The maximum atomic E-state index is 11.5. The van der Waals surface area contributed by atoms with Crippen LogP contribution in [0.2, 0.25) is 0 Å². The summed E-state index contributed by atoms with van der Waals surface area (Å²) in [5.41, 5.74) is 2.37. The van der Waals surface area contributed by atoms with E-state index in [1.165, 1.54) is 0 Å². The quantitative estimate of drug-likeness (QED) is 0.209. The standard InChI is InChI=1S/C29H34N6O3/c1-19-8-14-24(26(16-19)35(36)37)27-15-13-22(38-27)18-30-17-20-9-11-21(12-10-20)31-29-32-25-7-5-4-6-23(25)28(33-29)34(2)3/h4-8,13-16,20-21,30H,9-12,17-18H2,1-3H3,(H,31,32,33). The summed E-state index contributed by atoms with van der Waals surface area (Å²) < 4.78 is 5.94. The Labute approximate surface area is 222 Å². The fraction of sp³-hybridized carbons (Fsp3) is 0.379. The minimum absolute atomic E-state index is 0.0660. The van der Waals surface area contributed by atoms with Gasteiger partial charge in [0.25, 0.3) is 5.69 Å². The third-order valence-corrected chi connectivity index (χ3v) is 7.20. The summed E-state index contributed by atoms with van der Waals surface area (Å²) >= 11 is 0. The van der Waals surface area contributed by atoms with Crippen molar-refractivity contribution in [1.82, 2.24) is 15.3 Å². The molecular formula is C29H34N6O3. The normalized spacial score (nSPS) is 17.4. The fourth-order valence-corrected chi connectivity index (χ4v) is 5.18. The number of benzene rings is 2. The Kier molecular flexibility index (Phi) is 7.55. The van der Waals surface area contributed by atoms with Gasteiger partial charge in [0, 0.05) is 31.6 Å². The predicted molar refractivity (Wildman–Crippen MR) is 150 cm³/mol. The topological polar surface area (TPSA) is 109 Å². The summed E-state index contributed by atoms with van der Waals surface area (Å²) in [5, 5.41) is 19.6. The highest BCUT2D eigenvalue weighted by Crippen LogP contribution is 2.32. The molecule has 2 aromatic carbocycles. The Bertz CT molecular complexity index is 1430. The van der Waals surface area contributed by atoms with Gasteiger partial charge in [-0.2, -0.15) is 4.98 Å². The van der Waals surface area contributed by atoms with Crippen LogP contribution >= 0.6 is 0 Å². The van der Waals surface area contributed by atoms with Crippen LogP contribution in [0.5, 0.6) is 0 Å². The lowest BCUT2D eigenvalue weighted by Gasteiger charge is -2.29. The van der Waals surface area contributed by atoms with Crippen molar-refractivity contribution in [2.45, 2.75) is 45.2 Å². The van der Waals surface area contributed by atoms with Crippen molar-refractivity contribution in [2.75, 3.05) is 30.9 Å². The molecule has 0 amide bonds. The van der Waals surface area contributed by atoms with Gasteiger partial charge >= 0.3 is 0 Å². The summed E-state index contributed by atoms with van der Waals surface area (Å²) in [6, 6.07) is 17.4. The van der Waals surface area contributed by atoms with E-state index in [0.717, 1.165) is 60.3 Å². The predicted octanol–water partition coefficient (Wildman–Crippen LogP) is 5.93. The van der Waals surface area contributed by atoms with Gasteiger partial charge in [-0.1, -0.05) is 18.2 Å². The van der Waals surface area contributed by atoms with E-state index in [1.807, 2.05) is 62.3 Å². The van der Waals surface area contributed by atoms with Crippen LogP contribution in [-0.2, 0) is 6.54 Å². The van der Waals surface area contributed by atoms with Gasteiger partial charge in [0.05, 0.1) is 22.5 Å². The first-order chi connectivity index (χ1) is 18.4. The van der Waals surface area contributed by atoms with Crippen molar-refractivity contribution in [3.8, 4) is 11.3 Å². The minimum atomic E-state index is -0.360. The number of hydrogen-bond donors (Lipinski definition) is 2. The Hall–Kier alpha value is -3.98. The van der Waals surface area contributed by atoms with Gasteiger partial charge in [0.2, 0.25) is 5.95 Å². The number of aryl methyl sites for hydroxylation is 1. The van der Waals surface area contributed by atoms with E-state index in [0.29, 0.717) is 35.8 Å². The van der Waals surface area contributed by atoms with Crippen molar-refractivity contribution < 1.29 is 9.34 Å². The molecule has 9 heteroatoms. The summed E-state index contributed by atoms with van der Waals surface area (Å²) in [5.74, 6) is 3.50. The molecule has 1 fully saturated rings. The van der Waals surface area contributed by atoms with Crippen molar-refractivity contribution >= 4 is 28.4 Å². The van der Waals surface area contributed by atoms with E-state index >= 15 is 0 Å². The highest BCUT2D eigenvalue weighted by atomic mass is 16.6. The molecule has 0 atom stereocenters. The number of hydrogen-bond acceptors (Lipinski definition) is 8. The number of nitro benzene ring substituents is 1. The number of fused-ring (bicyclic) bond motifs is 1. The van der Waals surface area contributed by atoms with Gasteiger partial charge in [-0.3, -0.25) is 10.1 Å². The maximum Gasteiger partial charge on any atom is 0.280 e. The van der Waals surface area contributed by atoms with Gasteiger partial charge in [-0.05, 0) is 81.0 Å². The number of nitrogens with zero attached hydrogens (tertiary/aromatic N) is 4. The fourth-order valence-electron chi connectivity index (χ4n) is 5.18. The monoisotopic (exact) mass is 514 g/mol. The third kappa shape index (κ3) is 5.78. The number of furan rings is 1. The highest BCUT2D eigenvalue weighted by Gasteiger charge is 2.23. The van der Waals surface area contributed by atoms with Crippen LogP contribution in [0.25, 0.3) is 22.2 Å². The summed E-state index contributed by atoms with van der Waals surface area (Å²) in [4.78, 5) is 22.7. The van der Waals surface area contributed by atoms with Gasteiger partial charge in [-0.25, -0.2) is 4.98 Å². The second-order valence-corrected chi connectivity index (χ2v) is 10.3. The van der Waals surface area contributed by atoms with E-state index < -0.39 is 0 Å². The molecule has 4 aromatic rings. The van der Waals surface area contributed by atoms with Crippen LogP contribution in [0.3, 0.4) is 0 Å². The zero-order valence-corrected chi connectivity index (χ0v) is 22.1. The summed E-state index contributed by atoms with van der Waals surface area (Å²) in [6.07, 6.45) is 4.39. The number of nitro groups is 1. The number of rotatable bonds is 9. The van der Waals surface area contributed by atoms with E-state index in [9.17, 15) is 10.1 Å². The Balaban J connectivity index is 1.12. The van der Waals surface area contributed by atoms with Crippen LogP contribution in [0, 0.1) is 23.0 Å². The van der Waals surface area contributed by atoms with Crippen LogP contribution in [0.15, 0.2) is 59.0 Å². The summed E-state index contributed by atoms with van der Waals surface area (Å²) in [7, 11) is 4.01. The Morgan fingerprint density at radius 3 is 2.61 bits per heavy atom. The second-order valence-electron chi connectivity index (χ2n) is 10.3. The molecule has 2 aromatic heterocycles. The van der Waals surface area contributed by atoms with E-state index in [1.54, 1.807) is 12.1 Å². The van der Waals surface area contributed by atoms with E-state index in [-0.39, 0.29) is 10.6 Å². The number of nitrogens with one attached hydrogen (secondary N) is 2. The smallest absolute Gasteiger partial charge is 0.280 e. The first-order valence-corrected chi connectivity index (χ1v) is 13.1. The van der Waals surface area contributed by atoms with Gasteiger partial charge in [-0.15, -0.1) is 0 Å². The highest BCUT2D eigenvalue weighted by molar-refractivity contribution is 5.90. The van der Waals surface area contributed by atoms with Crippen molar-refractivity contribution in [3.05, 3.63) is 76.0 Å². The number of anilines is 2. The zero-order valence-electron chi connectivity index (χ0n) is 22.1. The molecule has 0 aliphatic heterocycles. The summed E-state index contributed by atoms with van der Waals surface area (Å²) in [6.45, 7) is 3.34. The lowest BCUT2D eigenvalue weighted by Crippen LogP contribution is -2.31. The SMILES string of the molecule is Cc1ccc(-c2ccc(CNCC3CCC(Nc4nc(N(C)C)c5ccccc5n4)CC3)o2)c([N+](=O)[O-])c1. The molecule has 0 bridgehead atoms. The third-order valence-electron chi connectivity index (χ3n) is 7.20. The molecule has 0 spiro atoms. The van der Waals surface area contributed by atoms with Gasteiger partial charge in [0.1, 0.15) is 17.3 Å². The van der Waals surface area contributed by atoms with Crippen LogP contribution < -0.4 is 15.5 Å². The molecule has 1 aliphatic rings. The van der Waals surface area contributed by atoms with Crippen molar-refractivity contribution in [1.29, 1.82) is 0 Å². The van der Waals surface area contributed by atoms with Crippen molar-refractivity contribution in [2.24, 2.45) is 5.92 Å². The minimum Gasteiger partial charge on any atom is -0.459 e. The molecule has 2 N–H and O–H groups in total. The molecule has 5 rings (SSSR count). The maximum absolute atomic E-state index is 11.5. The lowest BCUT2D eigenvalue weighted by atomic mass is 9.86. The molecule has 2 heterocycles. The first kappa shape index (κ1) is 25.7. The molecule has 0 radical (unpaired) electrons. The molecular weight excluding hydrogens is 480 g/mol. The van der Waals surface area contributed by atoms with Crippen LogP contribution in [-0.4, -0.2) is 41.6 Å². The van der Waals surface area contributed by atoms with Gasteiger partial charge < -0.3 is 20.0 Å². The Morgan fingerprint density at radius 2 is 1.84 bits per heavy atom. The number of aromatic nitrogens is 2. The molecule has 0 unspecified atom stereocenters.